The lowest BCUT2D eigenvalue weighted by Crippen LogP contribution is -2.27. The van der Waals surface area contributed by atoms with Crippen LogP contribution in [0.25, 0.3) is 6.08 Å². The molecule has 1 fully saturated rings. The van der Waals surface area contributed by atoms with Crippen LogP contribution >= 0.6 is 11.8 Å². The van der Waals surface area contributed by atoms with Crippen molar-refractivity contribution in [3.05, 3.63) is 64.6 Å². The van der Waals surface area contributed by atoms with E-state index in [0.717, 1.165) is 22.9 Å². The summed E-state index contributed by atoms with van der Waals surface area (Å²) in [7, 11) is 0. The molecule has 0 aromatic heterocycles. The molecule has 0 spiro atoms. The molecule has 2 aromatic carbocycles. The number of terminal acetylenes is 1. The molecule has 25 heavy (non-hydrogen) atoms. The molecular weight excluding hydrogens is 334 g/mol. The fraction of sp³-hybridized carbons (Fsp3) is 0.100. The quantitative estimate of drug-likeness (QED) is 0.612. The van der Waals surface area contributed by atoms with Gasteiger partial charge in [-0.3, -0.25) is 9.59 Å². The van der Waals surface area contributed by atoms with Crippen LogP contribution < -0.4 is 9.64 Å². The van der Waals surface area contributed by atoms with Crippen LogP contribution in [0.15, 0.2) is 53.4 Å². The van der Waals surface area contributed by atoms with Gasteiger partial charge in [0.1, 0.15) is 12.4 Å². The minimum atomic E-state index is -0.313. The van der Waals surface area contributed by atoms with Gasteiger partial charge in [0.15, 0.2) is 0 Å². The van der Waals surface area contributed by atoms with E-state index in [1.807, 2.05) is 31.2 Å². The zero-order valence-corrected chi connectivity index (χ0v) is 14.4. The molecule has 0 atom stereocenters. The third-order valence-corrected chi connectivity index (χ3v) is 4.46. The zero-order chi connectivity index (χ0) is 17.8. The van der Waals surface area contributed by atoms with Crippen molar-refractivity contribution in [2.45, 2.75) is 6.92 Å². The zero-order valence-electron chi connectivity index (χ0n) is 13.6. The first-order valence-electron chi connectivity index (χ1n) is 7.59. The minimum Gasteiger partial charge on any atom is -0.481 e. The summed E-state index contributed by atoms with van der Waals surface area (Å²) in [5, 5.41) is -0.297. The average molecular weight is 349 g/mol. The molecule has 1 aliphatic heterocycles. The van der Waals surface area contributed by atoms with Gasteiger partial charge >= 0.3 is 0 Å². The Labute approximate surface area is 150 Å². The maximum atomic E-state index is 12.6. The molecule has 0 unspecified atom stereocenters. The summed E-state index contributed by atoms with van der Waals surface area (Å²) in [6.45, 7) is 2.16. The van der Waals surface area contributed by atoms with Crippen LogP contribution in [0.1, 0.15) is 11.1 Å². The normalized spacial score (nSPS) is 15.5. The number of thioether (sulfide) groups is 1. The number of nitrogens with zero attached hydrogens (tertiary/aromatic N) is 1. The van der Waals surface area contributed by atoms with Crippen LogP contribution in [-0.2, 0) is 4.79 Å². The number of imide groups is 1. The van der Waals surface area contributed by atoms with E-state index in [2.05, 4.69) is 5.92 Å². The number of benzene rings is 2. The Morgan fingerprint density at radius 3 is 2.44 bits per heavy atom. The summed E-state index contributed by atoms with van der Waals surface area (Å²) in [6, 6.07) is 14.4. The molecule has 0 saturated carbocycles. The number of ether oxygens (including phenoxy) is 1. The SMILES string of the molecule is C#CCOc1ccc(/C=C2/SC(=O)N(c3ccc(C)cc3)C2=O)cc1. The number of hydrogen-bond donors (Lipinski definition) is 0. The molecule has 4 nitrogen and oxygen atoms in total. The highest BCUT2D eigenvalue weighted by atomic mass is 32.2. The average Bonchev–Trinajstić information content (AvgIpc) is 2.89. The van der Waals surface area contributed by atoms with Gasteiger partial charge < -0.3 is 4.74 Å². The number of carbonyl (C=O) groups is 2. The summed E-state index contributed by atoms with van der Waals surface area (Å²) in [5.41, 5.74) is 2.45. The number of amides is 2. The molecule has 1 saturated heterocycles. The highest BCUT2D eigenvalue weighted by Gasteiger charge is 2.36. The number of anilines is 1. The van der Waals surface area contributed by atoms with Crippen molar-refractivity contribution in [2.75, 3.05) is 11.5 Å². The highest BCUT2D eigenvalue weighted by Crippen LogP contribution is 2.35. The van der Waals surface area contributed by atoms with Crippen molar-refractivity contribution in [3.63, 3.8) is 0 Å². The second-order valence-electron chi connectivity index (χ2n) is 5.41. The predicted molar refractivity (Wildman–Crippen MR) is 100 cm³/mol. The first kappa shape index (κ1) is 16.9. The van der Waals surface area contributed by atoms with Gasteiger partial charge in [-0.1, -0.05) is 35.7 Å². The van der Waals surface area contributed by atoms with Crippen molar-refractivity contribution < 1.29 is 14.3 Å². The largest absolute Gasteiger partial charge is 0.481 e. The van der Waals surface area contributed by atoms with Crippen LogP contribution in [0, 0.1) is 19.3 Å². The summed E-state index contributed by atoms with van der Waals surface area (Å²) in [4.78, 5) is 26.4. The van der Waals surface area contributed by atoms with Gasteiger partial charge in [0.25, 0.3) is 11.1 Å². The smallest absolute Gasteiger partial charge is 0.298 e. The standard InChI is InChI=1S/C20H15NO3S/c1-3-12-24-17-10-6-15(7-11-17)13-18-19(22)21(20(23)25-18)16-8-4-14(2)5-9-16/h1,4-11,13H,12H2,2H3/b18-13+. The Bertz CT molecular complexity index is 877. The van der Waals surface area contributed by atoms with Crippen molar-refractivity contribution in [1.82, 2.24) is 0 Å². The van der Waals surface area contributed by atoms with E-state index in [1.165, 1.54) is 4.90 Å². The second-order valence-corrected chi connectivity index (χ2v) is 6.41. The van der Waals surface area contributed by atoms with E-state index >= 15 is 0 Å². The molecule has 124 valence electrons. The molecule has 1 heterocycles. The lowest BCUT2D eigenvalue weighted by Gasteiger charge is -2.12. The van der Waals surface area contributed by atoms with Gasteiger partial charge in [0.05, 0.1) is 10.6 Å². The molecule has 0 bridgehead atoms. The Morgan fingerprint density at radius 2 is 1.80 bits per heavy atom. The molecule has 1 aliphatic rings. The Hall–Kier alpha value is -2.97. The van der Waals surface area contributed by atoms with E-state index in [1.54, 1.807) is 30.3 Å². The van der Waals surface area contributed by atoms with Gasteiger partial charge in [-0.25, -0.2) is 4.90 Å². The Morgan fingerprint density at radius 1 is 1.12 bits per heavy atom. The third kappa shape index (κ3) is 3.76. The molecule has 2 amide bonds. The number of carbonyl (C=O) groups excluding carboxylic acids is 2. The van der Waals surface area contributed by atoms with Crippen LogP contribution in [-0.4, -0.2) is 17.8 Å². The van der Waals surface area contributed by atoms with E-state index < -0.39 is 0 Å². The lowest BCUT2D eigenvalue weighted by atomic mass is 10.2. The summed E-state index contributed by atoms with van der Waals surface area (Å²) >= 11 is 0.935. The minimum absolute atomic E-state index is 0.203. The van der Waals surface area contributed by atoms with E-state index in [-0.39, 0.29) is 17.8 Å². The number of hydrogen-bond acceptors (Lipinski definition) is 4. The van der Waals surface area contributed by atoms with Crippen LogP contribution in [0.5, 0.6) is 5.75 Å². The van der Waals surface area contributed by atoms with E-state index in [4.69, 9.17) is 11.2 Å². The lowest BCUT2D eigenvalue weighted by molar-refractivity contribution is -0.113. The van der Waals surface area contributed by atoms with Gasteiger partial charge in [-0.2, -0.15) is 0 Å². The van der Waals surface area contributed by atoms with E-state index in [9.17, 15) is 9.59 Å². The second kappa shape index (κ2) is 7.29. The van der Waals surface area contributed by atoms with Crippen LogP contribution in [0.4, 0.5) is 10.5 Å². The maximum absolute atomic E-state index is 12.6. The number of aryl methyl sites for hydroxylation is 1. The summed E-state index contributed by atoms with van der Waals surface area (Å²) in [6.07, 6.45) is 6.85. The molecule has 0 N–H and O–H groups in total. The van der Waals surface area contributed by atoms with Crippen molar-refractivity contribution >= 4 is 34.7 Å². The topological polar surface area (TPSA) is 46.6 Å². The van der Waals surface area contributed by atoms with Crippen molar-refractivity contribution in [2.24, 2.45) is 0 Å². The highest BCUT2D eigenvalue weighted by molar-refractivity contribution is 8.19. The van der Waals surface area contributed by atoms with Gasteiger partial charge in [-0.05, 0) is 54.6 Å². The van der Waals surface area contributed by atoms with Crippen molar-refractivity contribution in [3.8, 4) is 18.1 Å². The fourth-order valence-electron chi connectivity index (χ4n) is 2.32. The van der Waals surface area contributed by atoms with Gasteiger partial charge in [-0.15, -0.1) is 6.42 Å². The third-order valence-electron chi connectivity index (χ3n) is 3.59. The predicted octanol–water partition coefficient (Wildman–Crippen LogP) is 4.25. The Balaban J connectivity index is 1.80. The van der Waals surface area contributed by atoms with E-state index in [0.29, 0.717) is 16.3 Å². The van der Waals surface area contributed by atoms with Crippen LogP contribution in [0.3, 0.4) is 0 Å². The summed E-state index contributed by atoms with van der Waals surface area (Å²) in [5.74, 6) is 2.74. The number of rotatable bonds is 4. The molecular formula is C20H15NO3S. The maximum Gasteiger partial charge on any atom is 0.298 e. The molecule has 0 radical (unpaired) electrons. The molecule has 5 heteroatoms. The molecule has 0 aliphatic carbocycles. The molecule has 3 rings (SSSR count). The Kier molecular flexibility index (Phi) is 4.92. The van der Waals surface area contributed by atoms with Crippen LogP contribution in [0.2, 0.25) is 0 Å². The monoisotopic (exact) mass is 349 g/mol. The fourth-order valence-corrected chi connectivity index (χ4v) is 3.16. The van der Waals surface area contributed by atoms with Gasteiger partial charge in [0, 0.05) is 0 Å². The summed E-state index contributed by atoms with van der Waals surface area (Å²) < 4.78 is 5.31. The molecule has 2 aromatic rings. The van der Waals surface area contributed by atoms with Crippen molar-refractivity contribution in [1.29, 1.82) is 0 Å². The first-order valence-corrected chi connectivity index (χ1v) is 8.41. The first-order chi connectivity index (χ1) is 12.1. The van der Waals surface area contributed by atoms with Gasteiger partial charge in [0.2, 0.25) is 0 Å².